The largest absolute Gasteiger partial charge is 0.497 e. The van der Waals surface area contributed by atoms with E-state index in [-0.39, 0.29) is 5.91 Å². The van der Waals surface area contributed by atoms with Crippen LogP contribution in [0.4, 0.5) is 5.69 Å². The molecule has 0 radical (unpaired) electrons. The third-order valence-corrected chi connectivity index (χ3v) is 4.04. The van der Waals surface area contributed by atoms with Gasteiger partial charge in [0.25, 0.3) is 0 Å². The molecular formula is C21H20N2O4. The molecule has 0 aliphatic heterocycles. The highest BCUT2D eigenvalue weighted by Gasteiger charge is 2.07. The van der Waals surface area contributed by atoms with E-state index < -0.39 is 0 Å². The van der Waals surface area contributed by atoms with E-state index in [9.17, 15) is 4.79 Å². The molecule has 0 saturated carbocycles. The summed E-state index contributed by atoms with van der Waals surface area (Å²) < 4.78 is 15.7. The van der Waals surface area contributed by atoms with E-state index in [0.717, 1.165) is 16.5 Å². The predicted molar refractivity (Wildman–Crippen MR) is 106 cm³/mol. The molecule has 6 heteroatoms. The molecule has 0 bridgehead atoms. The topological polar surface area (TPSA) is 69.7 Å². The Morgan fingerprint density at radius 3 is 2.52 bits per heavy atom. The van der Waals surface area contributed by atoms with Gasteiger partial charge in [0, 0.05) is 17.7 Å². The number of hydrogen-bond donors (Lipinski definition) is 1. The fourth-order valence-electron chi connectivity index (χ4n) is 2.66. The van der Waals surface area contributed by atoms with Crippen LogP contribution >= 0.6 is 0 Å². The van der Waals surface area contributed by atoms with Crippen molar-refractivity contribution in [2.75, 3.05) is 26.6 Å². The summed E-state index contributed by atoms with van der Waals surface area (Å²) in [6, 6.07) is 12.7. The molecule has 6 nitrogen and oxygen atoms in total. The third kappa shape index (κ3) is 4.17. The molecule has 1 heterocycles. The van der Waals surface area contributed by atoms with E-state index in [4.69, 9.17) is 14.2 Å². The number of ether oxygens (including phenoxy) is 3. The minimum Gasteiger partial charge on any atom is -0.497 e. The van der Waals surface area contributed by atoms with Gasteiger partial charge in [-0.05, 0) is 48.0 Å². The number of nitrogens with one attached hydrogen (secondary N) is 1. The van der Waals surface area contributed by atoms with Crippen molar-refractivity contribution < 1.29 is 19.0 Å². The molecule has 1 amide bonds. The Morgan fingerprint density at radius 2 is 1.78 bits per heavy atom. The molecule has 0 aliphatic rings. The fourth-order valence-corrected chi connectivity index (χ4v) is 2.66. The second-order valence-electron chi connectivity index (χ2n) is 5.68. The number of rotatable bonds is 6. The summed E-state index contributed by atoms with van der Waals surface area (Å²) in [6.45, 7) is 0. The molecule has 3 aromatic rings. The quantitative estimate of drug-likeness (QED) is 0.672. The summed E-state index contributed by atoms with van der Waals surface area (Å²) in [5, 5.41) is 3.69. The minimum absolute atomic E-state index is 0.250. The SMILES string of the molecule is COc1ccc2nccc(NC(=O)/C=C/c3ccc(OC)c(OC)c3)c2c1. The van der Waals surface area contributed by atoms with Crippen LogP contribution in [0.15, 0.2) is 54.7 Å². The van der Waals surface area contributed by atoms with Crippen LogP contribution in [0.3, 0.4) is 0 Å². The Kier molecular flexibility index (Phi) is 5.56. The summed E-state index contributed by atoms with van der Waals surface area (Å²) in [5.74, 6) is 1.69. The Bertz CT molecular complexity index is 999. The first-order valence-electron chi connectivity index (χ1n) is 8.28. The van der Waals surface area contributed by atoms with Gasteiger partial charge >= 0.3 is 0 Å². The first-order chi connectivity index (χ1) is 13.1. The first kappa shape index (κ1) is 18.3. The molecule has 0 spiro atoms. The van der Waals surface area contributed by atoms with E-state index in [1.165, 1.54) is 6.08 Å². The van der Waals surface area contributed by atoms with E-state index in [1.54, 1.807) is 51.8 Å². The second kappa shape index (κ2) is 8.23. The highest BCUT2D eigenvalue weighted by molar-refractivity contribution is 6.07. The van der Waals surface area contributed by atoms with Crippen LogP contribution in [0, 0.1) is 0 Å². The van der Waals surface area contributed by atoms with Gasteiger partial charge in [-0.3, -0.25) is 9.78 Å². The van der Waals surface area contributed by atoms with Gasteiger partial charge in [-0.2, -0.15) is 0 Å². The molecule has 0 atom stereocenters. The van der Waals surface area contributed by atoms with Crippen molar-refractivity contribution in [3.05, 3.63) is 60.3 Å². The maximum Gasteiger partial charge on any atom is 0.248 e. The maximum absolute atomic E-state index is 12.4. The molecule has 0 unspecified atom stereocenters. The number of pyridine rings is 1. The van der Waals surface area contributed by atoms with Crippen LogP contribution < -0.4 is 19.5 Å². The first-order valence-corrected chi connectivity index (χ1v) is 8.28. The lowest BCUT2D eigenvalue weighted by molar-refractivity contribution is -0.111. The smallest absolute Gasteiger partial charge is 0.248 e. The number of aromatic nitrogens is 1. The Balaban J connectivity index is 1.80. The summed E-state index contributed by atoms with van der Waals surface area (Å²) in [4.78, 5) is 16.7. The third-order valence-electron chi connectivity index (χ3n) is 4.04. The number of benzene rings is 2. The molecule has 0 aliphatic carbocycles. The number of amides is 1. The number of carbonyl (C=O) groups is 1. The summed E-state index contributed by atoms with van der Waals surface area (Å²) in [5.41, 5.74) is 2.27. The van der Waals surface area contributed by atoms with Crippen LogP contribution in [0.5, 0.6) is 17.2 Å². The van der Waals surface area contributed by atoms with E-state index in [2.05, 4.69) is 10.3 Å². The number of fused-ring (bicyclic) bond motifs is 1. The van der Waals surface area contributed by atoms with E-state index in [0.29, 0.717) is 22.9 Å². The van der Waals surface area contributed by atoms with Crippen molar-refractivity contribution >= 4 is 28.6 Å². The molecular weight excluding hydrogens is 344 g/mol. The highest BCUT2D eigenvalue weighted by atomic mass is 16.5. The lowest BCUT2D eigenvalue weighted by Crippen LogP contribution is -2.08. The zero-order chi connectivity index (χ0) is 19.2. The number of nitrogens with zero attached hydrogens (tertiary/aromatic N) is 1. The van der Waals surface area contributed by atoms with Crippen molar-refractivity contribution in [3.63, 3.8) is 0 Å². The average Bonchev–Trinajstić information content (AvgIpc) is 2.71. The summed E-state index contributed by atoms with van der Waals surface area (Å²) in [7, 11) is 4.75. The Hall–Kier alpha value is -3.54. The monoisotopic (exact) mass is 364 g/mol. The molecule has 138 valence electrons. The number of anilines is 1. The number of methoxy groups -OCH3 is 3. The minimum atomic E-state index is -0.250. The standard InChI is InChI=1S/C21H20N2O4/c1-25-15-6-7-17-16(13-15)18(10-11-22-17)23-21(24)9-5-14-4-8-19(26-2)20(12-14)27-3/h4-13H,1-3H3,(H,22,23,24)/b9-5+. The van der Waals surface area contributed by atoms with Crippen molar-refractivity contribution in [1.29, 1.82) is 0 Å². The summed E-state index contributed by atoms with van der Waals surface area (Å²) in [6.07, 6.45) is 4.83. The van der Waals surface area contributed by atoms with Crippen molar-refractivity contribution in [2.24, 2.45) is 0 Å². The normalized spacial score (nSPS) is 10.8. The van der Waals surface area contributed by atoms with Gasteiger partial charge in [0.05, 0.1) is 32.5 Å². The van der Waals surface area contributed by atoms with Crippen LogP contribution in [0.25, 0.3) is 17.0 Å². The predicted octanol–water partition coefficient (Wildman–Crippen LogP) is 3.91. The molecule has 1 N–H and O–H groups in total. The van der Waals surface area contributed by atoms with Crippen LogP contribution in [0.2, 0.25) is 0 Å². The maximum atomic E-state index is 12.4. The van der Waals surface area contributed by atoms with Gasteiger partial charge < -0.3 is 19.5 Å². The Morgan fingerprint density at radius 1 is 0.963 bits per heavy atom. The van der Waals surface area contributed by atoms with Gasteiger partial charge in [0.2, 0.25) is 5.91 Å². The molecule has 0 saturated heterocycles. The lowest BCUT2D eigenvalue weighted by Gasteiger charge is -2.09. The van der Waals surface area contributed by atoms with Gasteiger partial charge in [0.15, 0.2) is 11.5 Å². The van der Waals surface area contributed by atoms with Gasteiger partial charge in [-0.15, -0.1) is 0 Å². The average molecular weight is 364 g/mol. The van der Waals surface area contributed by atoms with E-state index >= 15 is 0 Å². The number of hydrogen-bond acceptors (Lipinski definition) is 5. The highest BCUT2D eigenvalue weighted by Crippen LogP contribution is 2.28. The van der Waals surface area contributed by atoms with Crippen LogP contribution in [-0.4, -0.2) is 32.2 Å². The molecule has 0 fully saturated rings. The van der Waals surface area contributed by atoms with Crippen LogP contribution in [-0.2, 0) is 4.79 Å². The lowest BCUT2D eigenvalue weighted by atomic mass is 10.1. The molecule has 2 aromatic carbocycles. The Labute approximate surface area is 157 Å². The van der Waals surface area contributed by atoms with Crippen LogP contribution in [0.1, 0.15) is 5.56 Å². The fraction of sp³-hybridized carbons (Fsp3) is 0.143. The molecule has 1 aromatic heterocycles. The zero-order valence-electron chi connectivity index (χ0n) is 15.4. The summed E-state index contributed by atoms with van der Waals surface area (Å²) >= 11 is 0. The van der Waals surface area contributed by atoms with E-state index in [1.807, 2.05) is 24.3 Å². The van der Waals surface area contributed by atoms with Crippen molar-refractivity contribution in [3.8, 4) is 17.2 Å². The van der Waals surface area contributed by atoms with Crippen molar-refractivity contribution in [1.82, 2.24) is 4.98 Å². The second-order valence-corrected chi connectivity index (χ2v) is 5.68. The zero-order valence-corrected chi connectivity index (χ0v) is 15.4. The van der Waals surface area contributed by atoms with Crippen molar-refractivity contribution in [2.45, 2.75) is 0 Å². The van der Waals surface area contributed by atoms with Gasteiger partial charge in [-0.1, -0.05) is 6.07 Å². The van der Waals surface area contributed by atoms with Gasteiger partial charge in [0.1, 0.15) is 5.75 Å². The van der Waals surface area contributed by atoms with Gasteiger partial charge in [-0.25, -0.2) is 0 Å². The molecule has 27 heavy (non-hydrogen) atoms. The molecule has 3 rings (SSSR count). The number of carbonyl (C=O) groups excluding carboxylic acids is 1.